The van der Waals surface area contributed by atoms with Crippen LogP contribution in [0, 0.1) is 16.5 Å². The van der Waals surface area contributed by atoms with E-state index in [-0.39, 0.29) is 5.82 Å². The molecule has 0 saturated heterocycles. The van der Waals surface area contributed by atoms with Gasteiger partial charge in [-0.15, -0.1) is 0 Å². The molecule has 0 bridgehead atoms. The summed E-state index contributed by atoms with van der Waals surface area (Å²) in [5.74, 6) is 0.614. The number of aryl methyl sites for hydroxylation is 1. The normalized spacial score (nSPS) is 10.4. The smallest absolute Gasteiger partial charge is 0.164 e. The van der Waals surface area contributed by atoms with Gasteiger partial charge in [0, 0.05) is 5.69 Å². The average molecular weight is 331 g/mol. The summed E-state index contributed by atoms with van der Waals surface area (Å²) >= 11 is 2.11. The summed E-state index contributed by atoms with van der Waals surface area (Å²) in [7, 11) is 0. The summed E-state index contributed by atoms with van der Waals surface area (Å²) < 4.78 is 19.3. The molecule has 0 radical (unpaired) electrons. The first-order valence-electron chi connectivity index (χ1n) is 4.89. The molecule has 2 rings (SSSR count). The number of hydrogen-bond acceptors (Lipinski definition) is 2. The van der Waals surface area contributed by atoms with E-state index in [1.54, 1.807) is 0 Å². The summed E-state index contributed by atoms with van der Waals surface area (Å²) in [6.45, 7) is 2.43. The molecular formula is C12H11FINO. The Bertz CT molecular complexity index is 475. The maximum atomic E-state index is 13.1. The molecule has 2 nitrogen and oxygen atoms in total. The van der Waals surface area contributed by atoms with Gasteiger partial charge in [-0.1, -0.05) is 0 Å². The molecule has 2 aromatic rings. The Balaban J connectivity index is 2.04. The first-order chi connectivity index (χ1) is 7.63. The van der Waals surface area contributed by atoms with E-state index in [0.717, 1.165) is 20.8 Å². The first-order valence-corrected chi connectivity index (χ1v) is 5.96. The summed E-state index contributed by atoms with van der Waals surface area (Å²) in [5.41, 5.74) is 1.67. The molecule has 4 heteroatoms. The van der Waals surface area contributed by atoms with Gasteiger partial charge < -0.3 is 9.73 Å². The zero-order chi connectivity index (χ0) is 11.5. The Morgan fingerprint density at radius 2 is 2.12 bits per heavy atom. The molecular weight excluding hydrogens is 320 g/mol. The lowest BCUT2D eigenvalue weighted by Gasteiger charge is -2.05. The summed E-state index contributed by atoms with van der Waals surface area (Å²) in [4.78, 5) is 0. The fraction of sp³-hybridized carbons (Fsp3) is 0.167. The fourth-order valence-electron chi connectivity index (χ4n) is 1.47. The fourth-order valence-corrected chi connectivity index (χ4v) is 1.94. The number of halogens is 2. The Morgan fingerprint density at radius 3 is 2.75 bits per heavy atom. The van der Waals surface area contributed by atoms with Crippen molar-refractivity contribution in [3.05, 3.63) is 51.2 Å². The monoisotopic (exact) mass is 331 g/mol. The van der Waals surface area contributed by atoms with Crippen molar-refractivity contribution in [2.45, 2.75) is 13.5 Å². The van der Waals surface area contributed by atoms with Crippen LogP contribution in [-0.2, 0) is 6.54 Å². The van der Waals surface area contributed by atoms with E-state index in [1.807, 2.05) is 25.1 Å². The Morgan fingerprint density at radius 1 is 1.31 bits per heavy atom. The van der Waals surface area contributed by atoms with Gasteiger partial charge in [0.2, 0.25) is 0 Å². The van der Waals surface area contributed by atoms with Crippen LogP contribution in [0.3, 0.4) is 0 Å². The average Bonchev–Trinajstić information content (AvgIpc) is 2.60. The predicted octanol–water partition coefficient (Wildman–Crippen LogP) is 3.94. The van der Waals surface area contributed by atoms with E-state index in [9.17, 15) is 4.39 Å². The molecule has 0 spiro atoms. The molecule has 0 saturated carbocycles. The molecule has 0 fully saturated rings. The molecule has 0 aliphatic heterocycles. The zero-order valence-electron chi connectivity index (χ0n) is 8.76. The lowest BCUT2D eigenvalue weighted by atomic mass is 10.2. The van der Waals surface area contributed by atoms with Crippen LogP contribution >= 0.6 is 22.6 Å². The number of hydrogen-bond donors (Lipinski definition) is 1. The minimum Gasteiger partial charge on any atom is -0.454 e. The zero-order valence-corrected chi connectivity index (χ0v) is 10.9. The van der Waals surface area contributed by atoms with Crippen LogP contribution in [0.15, 0.2) is 34.7 Å². The van der Waals surface area contributed by atoms with Crippen LogP contribution in [0.25, 0.3) is 0 Å². The highest BCUT2D eigenvalue weighted by atomic mass is 127. The van der Waals surface area contributed by atoms with Gasteiger partial charge in [-0.05, 0) is 65.4 Å². The second kappa shape index (κ2) is 4.86. The molecule has 0 aliphatic rings. The van der Waals surface area contributed by atoms with Crippen molar-refractivity contribution in [1.82, 2.24) is 0 Å². The van der Waals surface area contributed by atoms with E-state index in [4.69, 9.17) is 4.42 Å². The number of furan rings is 1. The predicted molar refractivity (Wildman–Crippen MR) is 69.9 cm³/mol. The number of rotatable bonds is 3. The van der Waals surface area contributed by atoms with Crippen LogP contribution in [0.2, 0.25) is 0 Å². The summed E-state index contributed by atoms with van der Waals surface area (Å²) in [6, 6.07) is 8.67. The van der Waals surface area contributed by atoms with Gasteiger partial charge in [-0.3, -0.25) is 0 Å². The molecule has 0 unspecified atom stereocenters. The van der Waals surface area contributed by atoms with Crippen LogP contribution in [0.1, 0.15) is 11.3 Å². The van der Waals surface area contributed by atoms with Crippen molar-refractivity contribution in [2.24, 2.45) is 0 Å². The highest BCUT2D eigenvalue weighted by Crippen LogP contribution is 2.16. The van der Waals surface area contributed by atoms with Gasteiger partial charge in [0.15, 0.2) is 3.77 Å². The maximum absolute atomic E-state index is 13.1. The number of anilines is 1. The third-order valence-electron chi connectivity index (χ3n) is 2.14. The molecule has 1 aromatic heterocycles. The lowest BCUT2D eigenvalue weighted by Crippen LogP contribution is -1.98. The van der Waals surface area contributed by atoms with Gasteiger partial charge in [0.05, 0.1) is 6.54 Å². The van der Waals surface area contributed by atoms with Crippen LogP contribution < -0.4 is 5.32 Å². The van der Waals surface area contributed by atoms with E-state index in [0.29, 0.717) is 6.54 Å². The third-order valence-corrected chi connectivity index (χ3v) is 2.72. The maximum Gasteiger partial charge on any atom is 0.164 e. The standard InChI is InChI=1S/C12H11FINO/c1-8-4-9(13)6-10(5-8)15-7-11-2-3-12(14)16-11/h2-6,15H,7H2,1H3. The van der Waals surface area contributed by atoms with Gasteiger partial charge in [-0.25, -0.2) is 4.39 Å². The molecule has 1 N–H and O–H groups in total. The molecule has 0 aliphatic carbocycles. The molecule has 16 heavy (non-hydrogen) atoms. The van der Waals surface area contributed by atoms with Crippen molar-refractivity contribution in [3.63, 3.8) is 0 Å². The Kier molecular flexibility index (Phi) is 3.48. The van der Waals surface area contributed by atoms with Crippen LogP contribution in [-0.4, -0.2) is 0 Å². The molecule has 84 valence electrons. The van der Waals surface area contributed by atoms with Crippen molar-refractivity contribution in [1.29, 1.82) is 0 Å². The van der Waals surface area contributed by atoms with Crippen molar-refractivity contribution >= 4 is 28.3 Å². The van der Waals surface area contributed by atoms with E-state index in [1.165, 1.54) is 12.1 Å². The van der Waals surface area contributed by atoms with Crippen LogP contribution in [0.4, 0.5) is 10.1 Å². The van der Waals surface area contributed by atoms with Gasteiger partial charge in [0.25, 0.3) is 0 Å². The highest BCUT2D eigenvalue weighted by molar-refractivity contribution is 14.1. The molecule has 0 atom stereocenters. The largest absolute Gasteiger partial charge is 0.454 e. The van der Waals surface area contributed by atoms with Crippen molar-refractivity contribution in [2.75, 3.05) is 5.32 Å². The Labute approximate surface area is 107 Å². The second-order valence-corrected chi connectivity index (χ2v) is 4.64. The summed E-state index contributed by atoms with van der Waals surface area (Å²) in [5, 5.41) is 3.12. The van der Waals surface area contributed by atoms with E-state index < -0.39 is 0 Å². The molecule has 1 aromatic carbocycles. The van der Waals surface area contributed by atoms with Crippen LogP contribution in [0.5, 0.6) is 0 Å². The van der Waals surface area contributed by atoms with E-state index >= 15 is 0 Å². The Hall–Kier alpha value is -1.04. The number of benzene rings is 1. The van der Waals surface area contributed by atoms with E-state index in [2.05, 4.69) is 27.9 Å². The van der Waals surface area contributed by atoms with Gasteiger partial charge in [-0.2, -0.15) is 0 Å². The molecule has 0 amide bonds. The summed E-state index contributed by atoms with van der Waals surface area (Å²) in [6.07, 6.45) is 0. The van der Waals surface area contributed by atoms with Gasteiger partial charge >= 0.3 is 0 Å². The minimum atomic E-state index is -0.225. The number of nitrogens with one attached hydrogen (secondary N) is 1. The second-order valence-electron chi connectivity index (χ2n) is 3.58. The van der Waals surface area contributed by atoms with Crippen molar-refractivity contribution in [3.8, 4) is 0 Å². The lowest BCUT2D eigenvalue weighted by molar-refractivity contribution is 0.492. The van der Waals surface area contributed by atoms with Gasteiger partial charge in [0.1, 0.15) is 11.6 Å². The quantitative estimate of drug-likeness (QED) is 0.862. The highest BCUT2D eigenvalue weighted by Gasteiger charge is 2.01. The SMILES string of the molecule is Cc1cc(F)cc(NCc2ccc(I)o2)c1. The molecule has 1 heterocycles. The first kappa shape index (κ1) is 11.4. The van der Waals surface area contributed by atoms with Crippen molar-refractivity contribution < 1.29 is 8.81 Å². The topological polar surface area (TPSA) is 25.2 Å². The minimum absolute atomic E-state index is 0.225. The third kappa shape index (κ3) is 2.98.